The topological polar surface area (TPSA) is 35.5 Å². The number of ether oxygens (including phenoxy) is 2. The van der Waals surface area contributed by atoms with Crippen molar-refractivity contribution in [3.63, 3.8) is 0 Å². The van der Waals surface area contributed by atoms with Gasteiger partial charge in [-0.2, -0.15) is 0 Å². The van der Waals surface area contributed by atoms with Gasteiger partial charge in [0.2, 0.25) is 0 Å². The van der Waals surface area contributed by atoms with Crippen molar-refractivity contribution >= 4 is 5.97 Å². The average molecular weight is 395 g/mol. The Kier molecular flexibility index (Phi) is 18.5. The van der Waals surface area contributed by atoms with Crippen molar-refractivity contribution in [1.82, 2.24) is 0 Å². The van der Waals surface area contributed by atoms with E-state index in [0.29, 0.717) is 26.2 Å². The van der Waals surface area contributed by atoms with Gasteiger partial charge < -0.3 is 9.47 Å². The fraction of sp³-hybridized carbons (Fsp3) is 0.800. The summed E-state index contributed by atoms with van der Waals surface area (Å²) in [5.74, 6) is -0.0926. The molecule has 0 saturated heterocycles. The molecule has 0 heterocycles. The van der Waals surface area contributed by atoms with E-state index in [2.05, 4.69) is 52.0 Å². The Morgan fingerprint density at radius 3 is 2.04 bits per heavy atom. The number of hydrogen-bond acceptors (Lipinski definition) is 3. The van der Waals surface area contributed by atoms with Crippen LogP contribution < -0.4 is 0 Å². The molecule has 0 rings (SSSR count). The molecule has 0 aliphatic heterocycles. The number of esters is 1. The van der Waals surface area contributed by atoms with Gasteiger partial charge in [-0.05, 0) is 43.9 Å². The third-order valence-corrected chi connectivity index (χ3v) is 4.36. The lowest BCUT2D eigenvalue weighted by atomic mass is 9.99. The first-order valence-electron chi connectivity index (χ1n) is 11.5. The molecular weight excluding hydrogens is 348 g/mol. The lowest BCUT2D eigenvalue weighted by molar-refractivity contribution is -0.145. The predicted octanol–water partition coefficient (Wildman–Crippen LogP) is 7.41. The normalized spacial score (nSPS) is 12.3. The minimum atomic E-state index is -0.0926. The molecule has 0 aromatic heterocycles. The summed E-state index contributed by atoms with van der Waals surface area (Å²) in [5, 5.41) is 0. The summed E-state index contributed by atoms with van der Waals surface area (Å²) >= 11 is 0. The zero-order valence-electron chi connectivity index (χ0n) is 19.1. The second kappa shape index (κ2) is 19.2. The van der Waals surface area contributed by atoms with Gasteiger partial charge in [-0.1, -0.05) is 84.1 Å². The maximum atomic E-state index is 11.6. The van der Waals surface area contributed by atoms with E-state index >= 15 is 0 Å². The molecule has 0 spiro atoms. The molecule has 0 amide bonds. The smallest absolute Gasteiger partial charge is 0.305 e. The fourth-order valence-corrected chi connectivity index (χ4v) is 2.75. The number of rotatable bonds is 18. The van der Waals surface area contributed by atoms with Crippen LogP contribution in [0.1, 0.15) is 105 Å². The third kappa shape index (κ3) is 23.0. The van der Waals surface area contributed by atoms with Crippen LogP contribution in [0.5, 0.6) is 0 Å². The van der Waals surface area contributed by atoms with E-state index in [1.807, 2.05) is 0 Å². The first-order valence-corrected chi connectivity index (χ1v) is 11.5. The summed E-state index contributed by atoms with van der Waals surface area (Å²) in [6.45, 7) is 10.2. The highest BCUT2D eigenvalue weighted by molar-refractivity contribution is 5.69. The minimum absolute atomic E-state index is 0.0926. The largest absolute Gasteiger partial charge is 0.463 e. The van der Waals surface area contributed by atoms with Crippen molar-refractivity contribution in [3.8, 4) is 0 Å². The molecule has 0 bridgehead atoms. The van der Waals surface area contributed by atoms with Crippen LogP contribution in [0.25, 0.3) is 0 Å². The quantitative estimate of drug-likeness (QED) is 0.138. The first kappa shape index (κ1) is 26.9. The molecule has 0 N–H and O–H groups in total. The van der Waals surface area contributed by atoms with E-state index in [0.717, 1.165) is 19.3 Å². The van der Waals surface area contributed by atoms with E-state index < -0.39 is 0 Å². The molecule has 3 nitrogen and oxygen atoms in total. The van der Waals surface area contributed by atoms with E-state index in [1.54, 1.807) is 0 Å². The van der Waals surface area contributed by atoms with Crippen molar-refractivity contribution < 1.29 is 14.3 Å². The SMILES string of the molecule is CCCCC/C=C\C/C=C\CCCCCCCC(=O)OCCOCC(C)(C)C. The van der Waals surface area contributed by atoms with Gasteiger partial charge in [0.15, 0.2) is 0 Å². The van der Waals surface area contributed by atoms with Crippen LogP contribution in [-0.4, -0.2) is 25.8 Å². The van der Waals surface area contributed by atoms with Crippen molar-refractivity contribution in [2.45, 2.75) is 105 Å². The van der Waals surface area contributed by atoms with Gasteiger partial charge in [0, 0.05) is 6.42 Å². The second-order valence-electron chi connectivity index (χ2n) is 8.81. The molecule has 28 heavy (non-hydrogen) atoms. The van der Waals surface area contributed by atoms with Crippen LogP contribution in [-0.2, 0) is 14.3 Å². The Hall–Kier alpha value is -1.09. The van der Waals surface area contributed by atoms with Gasteiger partial charge in [-0.3, -0.25) is 4.79 Å². The molecule has 0 unspecified atom stereocenters. The zero-order chi connectivity index (χ0) is 20.9. The Morgan fingerprint density at radius 2 is 1.39 bits per heavy atom. The number of allylic oxidation sites excluding steroid dienone is 4. The van der Waals surface area contributed by atoms with Gasteiger partial charge in [0.25, 0.3) is 0 Å². The molecule has 3 heteroatoms. The number of unbranched alkanes of at least 4 members (excludes halogenated alkanes) is 8. The highest BCUT2D eigenvalue weighted by Gasteiger charge is 2.10. The molecule has 0 saturated carbocycles. The molecule has 0 aromatic carbocycles. The van der Waals surface area contributed by atoms with E-state index in [4.69, 9.17) is 9.47 Å². The van der Waals surface area contributed by atoms with Crippen LogP contribution in [0, 0.1) is 5.41 Å². The van der Waals surface area contributed by atoms with Crippen molar-refractivity contribution in [1.29, 1.82) is 0 Å². The van der Waals surface area contributed by atoms with Gasteiger partial charge >= 0.3 is 5.97 Å². The Morgan fingerprint density at radius 1 is 0.786 bits per heavy atom. The number of hydrogen-bond donors (Lipinski definition) is 0. The molecule has 0 radical (unpaired) electrons. The minimum Gasteiger partial charge on any atom is -0.463 e. The molecule has 0 aliphatic rings. The maximum Gasteiger partial charge on any atom is 0.305 e. The highest BCUT2D eigenvalue weighted by Crippen LogP contribution is 2.12. The fourth-order valence-electron chi connectivity index (χ4n) is 2.75. The lowest BCUT2D eigenvalue weighted by Gasteiger charge is -2.17. The van der Waals surface area contributed by atoms with E-state index in [-0.39, 0.29) is 11.4 Å². The Labute approximate surface area is 175 Å². The summed E-state index contributed by atoms with van der Waals surface area (Å²) in [4.78, 5) is 11.6. The summed E-state index contributed by atoms with van der Waals surface area (Å²) < 4.78 is 10.7. The first-order chi connectivity index (χ1) is 13.5. The second-order valence-corrected chi connectivity index (χ2v) is 8.81. The monoisotopic (exact) mass is 394 g/mol. The average Bonchev–Trinajstić information content (AvgIpc) is 2.63. The van der Waals surface area contributed by atoms with Crippen LogP contribution >= 0.6 is 0 Å². The molecule has 0 fully saturated rings. The van der Waals surface area contributed by atoms with Crippen molar-refractivity contribution in [2.75, 3.05) is 19.8 Å². The molecular formula is C25H46O3. The van der Waals surface area contributed by atoms with Crippen molar-refractivity contribution in [2.24, 2.45) is 5.41 Å². The third-order valence-electron chi connectivity index (χ3n) is 4.36. The van der Waals surface area contributed by atoms with Crippen molar-refractivity contribution in [3.05, 3.63) is 24.3 Å². The standard InChI is InChI=1S/C25H46O3/c1-5-6-7-8-9-10-11-12-13-14-15-16-17-18-19-20-24(26)28-22-21-27-23-25(2,3)4/h9-10,12-13H,5-8,11,14-23H2,1-4H3/b10-9-,13-12-. The van der Waals surface area contributed by atoms with Gasteiger partial charge in [0.05, 0.1) is 13.2 Å². The summed E-state index contributed by atoms with van der Waals surface area (Å²) in [6.07, 6.45) is 22.8. The highest BCUT2D eigenvalue weighted by atomic mass is 16.6. The summed E-state index contributed by atoms with van der Waals surface area (Å²) in [5.41, 5.74) is 0.157. The number of carbonyl (C=O) groups excluding carboxylic acids is 1. The molecule has 0 atom stereocenters. The van der Waals surface area contributed by atoms with Crippen LogP contribution in [0.4, 0.5) is 0 Å². The van der Waals surface area contributed by atoms with Crippen LogP contribution in [0.2, 0.25) is 0 Å². The Bertz CT molecular complexity index is 405. The molecule has 0 aliphatic carbocycles. The Balaban J connectivity index is 3.32. The van der Waals surface area contributed by atoms with Crippen LogP contribution in [0.15, 0.2) is 24.3 Å². The molecule has 164 valence electrons. The molecule has 0 aromatic rings. The summed E-state index contributed by atoms with van der Waals surface area (Å²) in [6, 6.07) is 0. The lowest BCUT2D eigenvalue weighted by Crippen LogP contribution is -2.18. The van der Waals surface area contributed by atoms with Gasteiger partial charge in [-0.15, -0.1) is 0 Å². The summed E-state index contributed by atoms with van der Waals surface area (Å²) in [7, 11) is 0. The predicted molar refractivity (Wildman–Crippen MR) is 121 cm³/mol. The van der Waals surface area contributed by atoms with Crippen LogP contribution in [0.3, 0.4) is 0 Å². The maximum absolute atomic E-state index is 11.6. The van der Waals surface area contributed by atoms with E-state index in [1.165, 1.54) is 51.4 Å². The van der Waals surface area contributed by atoms with Gasteiger partial charge in [0.1, 0.15) is 6.61 Å². The van der Waals surface area contributed by atoms with Gasteiger partial charge in [-0.25, -0.2) is 0 Å². The van der Waals surface area contributed by atoms with E-state index in [9.17, 15) is 4.79 Å². The zero-order valence-corrected chi connectivity index (χ0v) is 19.1. The number of carbonyl (C=O) groups is 1.